The van der Waals surface area contributed by atoms with Gasteiger partial charge in [-0.15, -0.1) is 0 Å². The summed E-state index contributed by atoms with van der Waals surface area (Å²) in [6.45, 7) is 3.00. The minimum Gasteiger partial charge on any atom is -0.462 e. The fourth-order valence-electron chi connectivity index (χ4n) is 4.73. The number of rotatable bonds is 25. The fraction of sp³-hybridized carbons (Fsp3) is 0.812. The van der Waals surface area contributed by atoms with Crippen LogP contribution in [0.4, 0.5) is 0 Å². The summed E-state index contributed by atoms with van der Waals surface area (Å²) >= 11 is 0. The van der Waals surface area contributed by atoms with Gasteiger partial charge in [-0.25, -0.2) is 4.57 Å². The lowest BCUT2D eigenvalue weighted by molar-refractivity contribution is -0.220. The molecule has 6 N–H and O–H groups in total. The van der Waals surface area contributed by atoms with Crippen LogP contribution in [0.2, 0.25) is 0 Å². The number of unbranched alkanes of at least 4 members (excludes halogenated alkanes) is 9. The van der Waals surface area contributed by atoms with Crippen molar-refractivity contribution >= 4 is 19.8 Å². The Labute approximate surface area is 273 Å². The van der Waals surface area contributed by atoms with Gasteiger partial charge in [-0.05, 0) is 38.5 Å². The van der Waals surface area contributed by atoms with Gasteiger partial charge in [-0.3, -0.25) is 18.6 Å². The van der Waals surface area contributed by atoms with E-state index in [1.165, 1.54) is 0 Å². The predicted molar refractivity (Wildman–Crippen MR) is 170 cm³/mol. The number of hydrogen-bond acceptors (Lipinski definition) is 12. The zero-order valence-electron chi connectivity index (χ0n) is 27.4. The lowest BCUT2D eigenvalue weighted by Gasteiger charge is -2.41. The van der Waals surface area contributed by atoms with Crippen molar-refractivity contribution in [3.63, 3.8) is 0 Å². The van der Waals surface area contributed by atoms with Crippen molar-refractivity contribution in [2.24, 2.45) is 0 Å². The molecule has 1 rings (SSSR count). The van der Waals surface area contributed by atoms with E-state index in [0.29, 0.717) is 12.8 Å². The normalized spacial score (nSPS) is 25.5. The largest absolute Gasteiger partial charge is 0.472 e. The topological polar surface area (TPSA) is 210 Å². The van der Waals surface area contributed by atoms with Crippen molar-refractivity contribution in [3.8, 4) is 0 Å². The molecular formula is C32H57O13P. The summed E-state index contributed by atoms with van der Waals surface area (Å²) < 4.78 is 32.9. The van der Waals surface area contributed by atoms with Crippen molar-refractivity contribution in [2.45, 2.75) is 153 Å². The highest BCUT2D eigenvalue weighted by molar-refractivity contribution is 7.47. The van der Waals surface area contributed by atoms with E-state index in [9.17, 15) is 44.6 Å². The molecule has 46 heavy (non-hydrogen) atoms. The Morgan fingerprint density at radius 2 is 1.22 bits per heavy atom. The van der Waals surface area contributed by atoms with Crippen LogP contribution in [-0.2, 0) is 32.7 Å². The van der Waals surface area contributed by atoms with Gasteiger partial charge in [0.2, 0.25) is 0 Å². The molecule has 14 heteroatoms. The summed E-state index contributed by atoms with van der Waals surface area (Å²) in [5.41, 5.74) is 0. The van der Waals surface area contributed by atoms with E-state index in [4.69, 9.17) is 18.5 Å². The Kier molecular flexibility index (Phi) is 22.5. The van der Waals surface area contributed by atoms with Gasteiger partial charge in [0.1, 0.15) is 43.2 Å². The van der Waals surface area contributed by atoms with E-state index in [1.54, 1.807) is 0 Å². The molecule has 0 aromatic carbocycles. The highest BCUT2D eigenvalue weighted by atomic mass is 31.2. The minimum absolute atomic E-state index is 0.0807. The molecule has 13 nitrogen and oxygen atoms in total. The highest BCUT2D eigenvalue weighted by Gasteiger charge is 2.51. The van der Waals surface area contributed by atoms with E-state index in [-0.39, 0.29) is 12.8 Å². The monoisotopic (exact) mass is 680 g/mol. The average molecular weight is 681 g/mol. The standard InChI is InChI=1S/C32H57O13P/c1-3-5-7-9-10-11-12-13-14-15-16-17-19-21-26(34)44-24(22-42-25(33)20-18-8-6-4-2)23-43-46(40,41)45-32-30(38)28(36)27(35)29(37)31(32)39/h7,9,11-12,24,27-32,35-39H,3-6,8,10,13-23H2,1-2H3,(H,40,41)/b9-7-,12-11-. The first kappa shape index (κ1) is 42.4. The number of carbonyl (C=O) groups excluding carboxylic acids is 2. The van der Waals surface area contributed by atoms with Gasteiger partial charge in [0.05, 0.1) is 6.61 Å². The molecule has 0 aliphatic heterocycles. The van der Waals surface area contributed by atoms with E-state index in [0.717, 1.165) is 70.6 Å². The van der Waals surface area contributed by atoms with Crippen LogP contribution in [0.25, 0.3) is 0 Å². The minimum atomic E-state index is -5.09. The number of carbonyl (C=O) groups is 2. The van der Waals surface area contributed by atoms with Crippen LogP contribution in [0.5, 0.6) is 0 Å². The van der Waals surface area contributed by atoms with Crippen LogP contribution in [0.3, 0.4) is 0 Å². The zero-order chi connectivity index (χ0) is 34.4. The molecule has 0 spiro atoms. The van der Waals surface area contributed by atoms with Gasteiger partial charge < -0.3 is 39.9 Å². The summed E-state index contributed by atoms with van der Waals surface area (Å²) in [6, 6.07) is 0. The quantitative estimate of drug-likeness (QED) is 0.0352. The molecule has 1 aliphatic rings. The number of aliphatic hydroxyl groups is 5. The highest BCUT2D eigenvalue weighted by Crippen LogP contribution is 2.47. The van der Waals surface area contributed by atoms with Gasteiger partial charge in [-0.2, -0.15) is 0 Å². The second-order valence-corrected chi connectivity index (χ2v) is 13.1. The molecule has 268 valence electrons. The molecule has 1 fully saturated rings. The number of esters is 2. The molecule has 1 saturated carbocycles. The molecule has 6 unspecified atom stereocenters. The number of hydrogen-bond donors (Lipinski definition) is 6. The molecule has 0 radical (unpaired) electrons. The molecule has 0 aromatic rings. The van der Waals surface area contributed by atoms with Gasteiger partial charge in [0.15, 0.2) is 6.10 Å². The van der Waals surface area contributed by atoms with E-state index >= 15 is 0 Å². The Hall–Kier alpha value is -1.67. The van der Waals surface area contributed by atoms with Crippen LogP contribution in [0.1, 0.15) is 110 Å². The second-order valence-electron chi connectivity index (χ2n) is 11.7. The molecule has 0 saturated heterocycles. The fourth-order valence-corrected chi connectivity index (χ4v) is 5.71. The number of allylic oxidation sites excluding steroid dienone is 4. The molecule has 0 aromatic heterocycles. The van der Waals surface area contributed by atoms with Crippen LogP contribution >= 0.6 is 7.82 Å². The van der Waals surface area contributed by atoms with Gasteiger partial charge in [-0.1, -0.05) is 83.1 Å². The lowest BCUT2D eigenvalue weighted by atomic mass is 9.85. The van der Waals surface area contributed by atoms with Crippen molar-refractivity contribution in [1.82, 2.24) is 0 Å². The third kappa shape index (κ3) is 18.0. The Morgan fingerprint density at radius 3 is 1.85 bits per heavy atom. The van der Waals surface area contributed by atoms with Crippen molar-refractivity contribution in [3.05, 3.63) is 24.3 Å². The van der Waals surface area contributed by atoms with Gasteiger partial charge in [0.25, 0.3) is 0 Å². The molecule has 0 bridgehead atoms. The Morgan fingerprint density at radius 1 is 0.674 bits per heavy atom. The maximum absolute atomic E-state index is 12.6. The first-order chi connectivity index (χ1) is 21.9. The molecular weight excluding hydrogens is 623 g/mol. The predicted octanol–water partition coefficient (Wildman–Crippen LogP) is 3.77. The first-order valence-electron chi connectivity index (χ1n) is 16.6. The van der Waals surface area contributed by atoms with Gasteiger partial charge in [0, 0.05) is 12.8 Å². The van der Waals surface area contributed by atoms with Gasteiger partial charge >= 0.3 is 19.8 Å². The van der Waals surface area contributed by atoms with Crippen molar-refractivity contribution in [2.75, 3.05) is 13.2 Å². The SMILES string of the molecule is CCC/C=C\C/C=C\CCCCCCCC(=O)OC(COC(=O)CCCCCC)COP(=O)(O)OC1C(O)C(O)C(O)C(O)C1O. The molecule has 0 amide bonds. The van der Waals surface area contributed by atoms with Crippen molar-refractivity contribution < 1.29 is 63.1 Å². The smallest absolute Gasteiger partial charge is 0.462 e. The number of ether oxygens (including phenoxy) is 2. The number of phosphoric ester groups is 1. The summed E-state index contributed by atoms with van der Waals surface area (Å²) in [5.74, 6) is -1.14. The number of aliphatic hydroxyl groups excluding tert-OH is 5. The Bertz CT molecular complexity index is 927. The summed E-state index contributed by atoms with van der Waals surface area (Å²) in [6.07, 6.45) is 7.79. The maximum Gasteiger partial charge on any atom is 0.472 e. The maximum atomic E-state index is 12.6. The van der Waals surface area contributed by atoms with E-state index in [2.05, 4.69) is 31.2 Å². The summed E-state index contributed by atoms with van der Waals surface area (Å²) in [4.78, 5) is 34.9. The third-order valence-electron chi connectivity index (χ3n) is 7.53. The Balaban J connectivity index is 2.57. The van der Waals surface area contributed by atoms with Crippen LogP contribution < -0.4 is 0 Å². The zero-order valence-corrected chi connectivity index (χ0v) is 28.3. The molecule has 0 heterocycles. The molecule has 1 aliphatic carbocycles. The third-order valence-corrected chi connectivity index (χ3v) is 8.51. The van der Waals surface area contributed by atoms with E-state index in [1.807, 2.05) is 6.92 Å². The average Bonchev–Trinajstić information content (AvgIpc) is 3.03. The summed E-state index contributed by atoms with van der Waals surface area (Å²) in [7, 11) is -5.09. The second kappa shape index (κ2) is 24.5. The van der Waals surface area contributed by atoms with Crippen molar-refractivity contribution in [1.29, 1.82) is 0 Å². The van der Waals surface area contributed by atoms with E-state index < -0.39 is 75.7 Å². The van der Waals surface area contributed by atoms with Crippen LogP contribution in [0.15, 0.2) is 24.3 Å². The van der Waals surface area contributed by atoms with Crippen LogP contribution in [0, 0.1) is 0 Å². The molecule has 6 atom stereocenters. The number of phosphoric acid groups is 1. The van der Waals surface area contributed by atoms with Crippen LogP contribution in [-0.4, -0.2) is 98.3 Å². The first-order valence-corrected chi connectivity index (χ1v) is 18.1. The summed E-state index contributed by atoms with van der Waals surface area (Å²) in [5, 5.41) is 49.6. The lowest BCUT2D eigenvalue weighted by Crippen LogP contribution is -2.64.